The summed E-state index contributed by atoms with van der Waals surface area (Å²) in [7, 11) is 0. The Morgan fingerprint density at radius 3 is 2.38 bits per heavy atom. The molecule has 0 aromatic heterocycles. The molecule has 0 radical (unpaired) electrons. The van der Waals surface area contributed by atoms with Gasteiger partial charge in [-0.15, -0.1) is 0 Å². The van der Waals surface area contributed by atoms with Crippen LogP contribution in [-0.4, -0.2) is 5.91 Å². The number of benzene rings is 2. The number of nitrogens with one attached hydrogen (secondary N) is 1. The second-order valence-corrected chi connectivity index (χ2v) is 6.24. The molecule has 0 aliphatic rings. The Morgan fingerprint density at radius 1 is 1.24 bits per heavy atom. The summed E-state index contributed by atoms with van der Waals surface area (Å²) in [5.74, 6) is -0.262. The molecule has 0 aliphatic carbocycles. The predicted octanol–water partition coefficient (Wildman–Crippen LogP) is 4.83. The van der Waals surface area contributed by atoms with Crippen molar-refractivity contribution in [2.24, 2.45) is 0 Å². The summed E-state index contributed by atoms with van der Waals surface area (Å²) < 4.78 is 0.936. The Kier molecular flexibility index (Phi) is 5.14. The highest BCUT2D eigenvalue weighted by atomic mass is 79.9. The molecule has 2 aromatic rings. The van der Waals surface area contributed by atoms with E-state index in [2.05, 4.69) is 21.2 Å². The van der Waals surface area contributed by atoms with Crippen molar-refractivity contribution in [3.63, 3.8) is 0 Å². The van der Waals surface area contributed by atoms with Crippen LogP contribution in [0.15, 0.2) is 40.9 Å². The molecule has 1 atom stereocenters. The topological polar surface area (TPSA) is 55.1 Å². The SMILES string of the molecule is CC(NC(=O)c1cc(Cl)c(N)c(Cl)c1)c1ccccc1Br. The average molecular weight is 388 g/mol. The van der Waals surface area contributed by atoms with Crippen LogP contribution in [0.2, 0.25) is 10.0 Å². The number of halogens is 3. The van der Waals surface area contributed by atoms with Gasteiger partial charge in [0.2, 0.25) is 0 Å². The fraction of sp³-hybridized carbons (Fsp3) is 0.133. The number of carbonyl (C=O) groups is 1. The molecular weight excluding hydrogens is 375 g/mol. The van der Waals surface area contributed by atoms with E-state index < -0.39 is 0 Å². The van der Waals surface area contributed by atoms with Gasteiger partial charge in [0.15, 0.2) is 0 Å². The van der Waals surface area contributed by atoms with Crippen molar-refractivity contribution in [2.75, 3.05) is 5.73 Å². The van der Waals surface area contributed by atoms with Crippen molar-refractivity contribution < 1.29 is 4.79 Å². The van der Waals surface area contributed by atoms with E-state index in [4.69, 9.17) is 28.9 Å². The number of carbonyl (C=O) groups excluding carboxylic acids is 1. The molecule has 3 nitrogen and oxygen atoms in total. The van der Waals surface area contributed by atoms with Crippen molar-refractivity contribution in [2.45, 2.75) is 13.0 Å². The van der Waals surface area contributed by atoms with Gasteiger partial charge >= 0.3 is 0 Å². The summed E-state index contributed by atoms with van der Waals surface area (Å²) in [5, 5.41) is 3.43. The molecule has 2 aromatic carbocycles. The first kappa shape index (κ1) is 16.1. The normalized spacial score (nSPS) is 12.0. The molecule has 0 saturated heterocycles. The zero-order valence-corrected chi connectivity index (χ0v) is 14.3. The van der Waals surface area contributed by atoms with E-state index in [1.165, 1.54) is 12.1 Å². The fourth-order valence-corrected chi connectivity index (χ4v) is 3.01. The van der Waals surface area contributed by atoms with E-state index in [-0.39, 0.29) is 27.7 Å². The monoisotopic (exact) mass is 386 g/mol. The second-order valence-electron chi connectivity index (χ2n) is 4.57. The first-order valence-electron chi connectivity index (χ1n) is 6.20. The molecule has 1 unspecified atom stereocenters. The number of hydrogen-bond donors (Lipinski definition) is 2. The molecule has 6 heteroatoms. The van der Waals surface area contributed by atoms with Crippen LogP contribution >= 0.6 is 39.1 Å². The molecule has 0 heterocycles. The minimum atomic E-state index is -0.262. The van der Waals surface area contributed by atoms with Gasteiger partial charge in [-0.3, -0.25) is 4.79 Å². The van der Waals surface area contributed by atoms with Crippen LogP contribution in [-0.2, 0) is 0 Å². The van der Waals surface area contributed by atoms with Crippen molar-refractivity contribution in [3.8, 4) is 0 Å². The lowest BCUT2D eigenvalue weighted by Crippen LogP contribution is -2.26. The van der Waals surface area contributed by atoms with Crippen LogP contribution in [0.5, 0.6) is 0 Å². The molecule has 3 N–H and O–H groups in total. The number of rotatable bonds is 3. The van der Waals surface area contributed by atoms with Crippen molar-refractivity contribution >= 4 is 50.7 Å². The highest BCUT2D eigenvalue weighted by Gasteiger charge is 2.15. The van der Waals surface area contributed by atoms with Gasteiger partial charge < -0.3 is 11.1 Å². The van der Waals surface area contributed by atoms with Crippen LogP contribution in [0.25, 0.3) is 0 Å². The summed E-state index contributed by atoms with van der Waals surface area (Å²) in [5.41, 5.74) is 7.29. The van der Waals surface area contributed by atoms with Gasteiger partial charge in [-0.2, -0.15) is 0 Å². The number of nitrogen functional groups attached to an aromatic ring is 1. The highest BCUT2D eigenvalue weighted by molar-refractivity contribution is 9.10. The summed E-state index contributed by atoms with van der Waals surface area (Å²) in [6.45, 7) is 1.90. The lowest BCUT2D eigenvalue weighted by atomic mass is 10.1. The average Bonchev–Trinajstić information content (AvgIpc) is 2.44. The minimum Gasteiger partial charge on any atom is -0.396 e. The molecule has 110 valence electrons. The minimum absolute atomic E-state index is 0.164. The standard InChI is InChI=1S/C15H13BrCl2N2O/c1-8(10-4-2-3-5-11(10)16)20-15(21)9-6-12(17)14(19)13(18)7-9/h2-8H,19H2,1H3,(H,20,21). The molecule has 0 aliphatic heterocycles. The largest absolute Gasteiger partial charge is 0.396 e. The quantitative estimate of drug-likeness (QED) is 0.741. The Balaban J connectivity index is 2.20. The molecule has 0 saturated carbocycles. The van der Waals surface area contributed by atoms with Crippen LogP contribution in [0.1, 0.15) is 28.9 Å². The van der Waals surface area contributed by atoms with Gasteiger partial charge in [-0.1, -0.05) is 57.3 Å². The van der Waals surface area contributed by atoms with Gasteiger partial charge in [-0.05, 0) is 30.7 Å². The third-order valence-electron chi connectivity index (χ3n) is 3.06. The maximum Gasteiger partial charge on any atom is 0.251 e. The molecule has 21 heavy (non-hydrogen) atoms. The Bertz CT molecular complexity index is 668. The van der Waals surface area contributed by atoms with E-state index >= 15 is 0 Å². The van der Waals surface area contributed by atoms with E-state index in [9.17, 15) is 4.79 Å². The Hall–Kier alpha value is -1.23. The summed E-state index contributed by atoms with van der Waals surface area (Å²) in [6.07, 6.45) is 0. The van der Waals surface area contributed by atoms with Crippen molar-refractivity contribution in [1.29, 1.82) is 0 Å². The van der Waals surface area contributed by atoms with Crippen LogP contribution < -0.4 is 11.1 Å². The smallest absolute Gasteiger partial charge is 0.251 e. The van der Waals surface area contributed by atoms with Gasteiger partial charge in [0.1, 0.15) is 0 Å². The lowest BCUT2D eigenvalue weighted by molar-refractivity contribution is 0.0940. The highest BCUT2D eigenvalue weighted by Crippen LogP contribution is 2.29. The number of nitrogens with two attached hydrogens (primary N) is 1. The van der Waals surface area contributed by atoms with Crippen LogP contribution in [0.4, 0.5) is 5.69 Å². The maximum absolute atomic E-state index is 12.3. The lowest BCUT2D eigenvalue weighted by Gasteiger charge is -2.16. The van der Waals surface area contributed by atoms with Gasteiger partial charge in [0.25, 0.3) is 5.91 Å². The first-order valence-corrected chi connectivity index (χ1v) is 7.75. The number of hydrogen-bond acceptors (Lipinski definition) is 2. The van der Waals surface area contributed by atoms with E-state index in [0.29, 0.717) is 5.56 Å². The summed E-state index contributed by atoms with van der Waals surface area (Å²) in [4.78, 5) is 12.3. The Morgan fingerprint density at radius 2 is 1.81 bits per heavy atom. The van der Waals surface area contributed by atoms with Crippen molar-refractivity contribution in [3.05, 3.63) is 62.0 Å². The fourth-order valence-electron chi connectivity index (χ4n) is 1.90. The number of amides is 1. The zero-order valence-electron chi connectivity index (χ0n) is 11.2. The third kappa shape index (κ3) is 3.70. The molecular formula is C15H13BrCl2N2O. The molecule has 0 bridgehead atoms. The molecule has 0 fully saturated rings. The van der Waals surface area contributed by atoms with E-state index in [1.807, 2.05) is 31.2 Å². The van der Waals surface area contributed by atoms with Crippen LogP contribution in [0.3, 0.4) is 0 Å². The Labute approximate surface area is 141 Å². The third-order valence-corrected chi connectivity index (χ3v) is 4.41. The summed E-state index contributed by atoms with van der Waals surface area (Å²) >= 11 is 15.4. The molecule has 2 rings (SSSR count). The second kappa shape index (κ2) is 6.69. The van der Waals surface area contributed by atoms with Gasteiger partial charge in [-0.25, -0.2) is 0 Å². The molecule has 0 spiro atoms. The first-order chi connectivity index (χ1) is 9.90. The van der Waals surface area contributed by atoms with E-state index in [0.717, 1.165) is 10.0 Å². The maximum atomic E-state index is 12.3. The van der Waals surface area contributed by atoms with Gasteiger partial charge in [0, 0.05) is 10.0 Å². The predicted molar refractivity (Wildman–Crippen MR) is 90.9 cm³/mol. The van der Waals surface area contributed by atoms with Crippen molar-refractivity contribution in [1.82, 2.24) is 5.32 Å². The number of anilines is 1. The van der Waals surface area contributed by atoms with Crippen LogP contribution in [0, 0.1) is 0 Å². The molecule has 1 amide bonds. The van der Waals surface area contributed by atoms with E-state index in [1.54, 1.807) is 0 Å². The van der Waals surface area contributed by atoms with Gasteiger partial charge in [0.05, 0.1) is 21.8 Å². The summed E-state index contributed by atoms with van der Waals surface area (Å²) in [6, 6.07) is 10.5. The zero-order chi connectivity index (χ0) is 15.6.